The van der Waals surface area contributed by atoms with Gasteiger partial charge in [0.25, 0.3) is 0 Å². The molecule has 0 aliphatic carbocycles. The van der Waals surface area contributed by atoms with E-state index in [0.29, 0.717) is 0 Å². The molecule has 19 heavy (non-hydrogen) atoms. The maximum Gasteiger partial charge on any atom is 0.583 e. The van der Waals surface area contributed by atoms with Crippen molar-refractivity contribution >= 4 is 30.6 Å². The average molecular weight is 269 g/mol. The molecule has 1 N–H and O–H groups in total. The lowest BCUT2D eigenvalue weighted by atomic mass is 9.75. The molecule has 3 nitrogen and oxygen atoms in total. The summed E-state index contributed by atoms with van der Waals surface area (Å²) in [7, 11) is -0.965. The summed E-state index contributed by atoms with van der Waals surface area (Å²) in [6.07, 6.45) is 3.69. The van der Waals surface area contributed by atoms with Crippen molar-refractivity contribution in [3.8, 4) is 11.1 Å². The number of hydrogen-bond donors (Lipinski definition) is 1. The van der Waals surface area contributed by atoms with Crippen LogP contribution in [-0.4, -0.2) is 24.6 Å². The van der Waals surface area contributed by atoms with Gasteiger partial charge in [0.15, 0.2) is 0 Å². The number of benzene rings is 2. The quantitative estimate of drug-likeness (QED) is 0.670. The van der Waals surface area contributed by atoms with Crippen LogP contribution >= 0.6 is 11.8 Å². The molecule has 0 amide bonds. The van der Waals surface area contributed by atoms with Gasteiger partial charge in [0.2, 0.25) is 0 Å². The molecule has 1 heterocycles. The molecule has 0 saturated heterocycles. The average Bonchev–Trinajstić information content (AvgIpc) is 2.47. The minimum absolute atomic E-state index is 0.750. The van der Waals surface area contributed by atoms with E-state index < -0.39 is 7.12 Å². The fourth-order valence-electron chi connectivity index (χ4n) is 2.08. The van der Waals surface area contributed by atoms with E-state index in [2.05, 4.69) is 35.7 Å². The first-order valence-corrected chi connectivity index (χ1v) is 7.16. The number of nitrogens with zero attached hydrogens (tertiary/aromatic N) is 1. The Morgan fingerprint density at radius 2 is 1.84 bits per heavy atom. The molecule has 1 aliphatic heterocycles. The second-order valence-corrected chi connectivity index (χ2v) is 5.14. The number of oxime groups is 1. The van der Waals surface area contributed by atoms with E-state index in [1.54, 1.807) is 18.0 Å². The van der Waals surface area contributed by atoms with Gasteiger partial charge in [0.05, 0.1) is 6.21 Å². The first-order chi connectivity index (χ1) is 9.28. The van der Waals surface area contributed by atoms with Crippen LogP contribution in [0.1, 0.15) is 5.56 Å². The maximum atomic E-state index is 9.65. The summed E-state index contributed by atoms with van der Waals surface area (Å²) in [4.78, 5) is 1.24. The first-order valence-electron chi connectivity index (χ1n) is 5.93. The first kappa shape index (κ1) is 12.3. The molecule has 2 aromatic carbocycles. The summed E-state index contributed by atoms with van der Waals surface area (Å²) >= 11 is 1.73. The fourth-order valence-corrected chi connectivity index (χ4v) is 2.48. The van der Waals surface area contributed by atoms with E-state index in [1.165, 1.54) is 4.90 Å². The van der Waals surface area contributed by atoms with Gasteiger partial charge in [0, 0.05) is 10.4 Å². The number of fused-ring (bicyclic) bond motifs is 1. The van der Waals surface area contributed by atoms with Gasteiger partial charge >= 0.3 is 7.12 Å². The van der Waals surface area contributed by atoms with Gasteiger partial charge in [0.1, 0.15) is 0 Å². The van der Waals surface area contributed by atoms with Gasteiger partial charge in [-0.25, -0.2) is 0 Å². The van der Waals surface area contributed by atoms with E-state index >= 15 is 0 Å². The van der Waals surface area contributed by atoms with E-state index in [1.807, 2.05) is 18.2 Å². The molecule has 0 radical (unpaired) electrons. The Balaban J connectivity index is 2.00. The van der Waals surface area contributed by atoms with Gasteiger partial charge in [-0.2, -0.15) is 0 Å². The van der Waals surface area contributed by atoms with Gasteiger partial charge in [-0.15, -0.1) is 16.9 Å². The monoisotopic (exact) mass is 269 g/mol. The SMILES string of the molecule is CSc1ccc(-c2ccc3c(c2)C=NOB3O)cc1. The van der Waals surface area contributed by atoms with Crippen molar-refractivity contribution in [1.82, 2.24) is 0 Å². The molecule has 3 rings (SSSR count). The molecule has 5 heteroatoms. The Bertz CT molecular complexity index is 628. The normalized spacial score (nSPS) is 13.1. The standard InChI is InChI=1S/C14H12BNO2S/c1-19-13-5-2-10(3-6-13)11-4-7-14-12(8-11)9-16-18-15(14)17/h2-9,17H,1H3. The van der Waals surface area contributed by atoms with Crippen molar-refractivity contribution in [1.29, 1.82) is 0 Å². The van der Waals surface area contributed by atoms with Crippen LogP contribution in [0.5, 0.6) is 0 Å². The maximum absolute atomic E-state index is 9.65. The van der Waals surface area contributed by atoms with Gasteiger partial charge in [-0.1, -0.05) is 24.3 Å². The minimum atomic E-state index is -0.965. The summed E-state index contributed by atoms with van der Waals surface area (Å²) < 4.78 is 4.80. The third-order valence-corrected chi connectivity index (χ3v) is 3.87. The Morgan fingerprint density at radius 3 is 2.58 bits per heavy atom. The number of rotatable bonds is 2. The van der Waals surface area contributed by atoms with Crippen LogP contribution in [0.4, 0.5) is 0 Å². The van der Waals surface area contributed by atoms with Crippen LogP contribution in [0.25, 0.3) is 11.1 Å². The molecule has 0 bridgehead atoms. The van der Waals surface area contributed by atoms with Crippen LogP contribution in [0.15, 0.2) is 52.5 Å². The third-order valence-electron chi connectivity index (χ3n) is 3.13. The molecule has 1 aliphatic rings. The Labute approximate surface area is 116 Å². The summed E-state index contributed by atoms with van der Waals surface area (Å²) in [5.41, 5.74) is 3.90. The number of hydrogen-bond acceptors (Lipinski definition) is 4. The van der Waals surface area contributed by atoms with Crippen molar-refractivity contribution in [3.05, 3.63) is 48.0 Å². The van der Waals surface area contributed by atoms with Crippen molar-refractivity contribution in [2.24, 2.45) is 5.16 Å². The van der Waals surface area contributed by atoms with Gasteiger partial charge in [-0.3, -0.25) is 0 Å². The highest BCUT2D eigenvalue weighted by Gasteiger charge is 2.24. The Kier molecular flexibility index (Phi) is 3.32. The van der Waals surface area contributed by atoms with Gasteiger partial charge < -0.3 is 9.78 Å². The van der Waals surface area contributed by atoms with E-state index in [-0.39, 0.29) is 0 Å². The molecule has 0 aromatic heterocycles. The van der Waals surface area contributed by atoms with Crippen LogP contribution in [0.3, 0.4) is 0 Å². The second-order valence-electron chi connectivity index (χ2n) is 4.26. The van der Waals surface area contributed by atoms with Crippen molar-refractivity contribution in [2.75, 3.05) is 6.26 Å². The predicted octanol–water partition coefficient (Wildman–Crippen LogP) is 2.13. The lowest BCUT2D eigenvalue weighted by Gasteiger charge is -2.13. The summed E-state index contributed by atoms with van der Waals surface area (Å²) in [6.45, 7) is 0. The molecule has 0 spiro atoms. The molecule has 0 unspecified atom stereocenters. The van der Waals surface area contributed by atoms with Crippen molar-refractivity contribution < 1.29 is 9.78 Å². The molecule has 2 aromatic rings. The Hall–Kier alpha value is -1.72. The molecule has 0 fully saturated rings. The van der Waals surface area contributed by atoms with E-state index in [4.69, 9.17) is 4.76 Å². The fraction of sp³-hybridized carbons (Fsp3) is 0.0714. The third kappa shape index (κ3) is 2.39. The minimum Gasteiger partial charge on any atom is -0.427 e. The van der Waals surface area contributed by atoms with Gasteiger partial charge in [-0.05, 0) is 41.1 Å². The highest BCUT2D eigenvalue weighted by atomic mass is 32.2. The molecular weight excluding hydrogens is 257 g/mol. The lowest BCUT2D eigenvalue weighted by molar-refractivity contribution is 0.286. The van der Waals surface area contributed by atoms with Crippen LogP contribution in [0, 0.1) is 0 Å². The molecular formula is C14H12BNO2S. The highest BCUT2D eigenvalue weighted by Crippen LogP contribution is 2.23. The highest BCUT2D eigenvalue weighted by molar-refractivity contribution is 7.98. The largest absolute Gasteiger partial charge is 0.583 e. The van der Waals surface area contributed by atoms with Crippen molar-refractivity contribution in [2.45, 2.75) is 4.90 Å². The molecule has 0 atom stereocenters. The van der Waals surface area contributed by atoms with E-state index in [9.17, 15) is 5.02 Å². The topological polar surface area (TPSA) is 41.8 Å². The van der Waals surface area contributed by atoms with Crippen LogP contribution < -0.4 is 5.46 Å². The zero-order valence-electron chi connectivity index (χ0n) is 10.4. The summed E-state index contributed by atoms with van der Waals surface area (Å²) in [5, 5.41) is 13.3. The van der Waals surface area contributed by atoms with Crippen LogP contribution in [-0.2, 0) is 4.76 Å². The van der Waals surface area contributed by atoms with Crippen molar-refractivity contribution in [3.63, 3.8) is 0 Å². The summed E-state index contributed by atoms with van der Waals surface area (Å²) in [5.74, 6) is 0. The zero-order chi connectivity index (χ0) is 13.2. The molecule has 94 valence electrons. The van der Waals surface area contributed by atoms with Crippen LogP contribution in [0.2, 0.25) is 0 Å². The predicted molar refractivity (Wildman–Crippen MR) is 79.9 cm³/mol. The molecule has 0 saturated carbocycles. The zero-order valence-corrected chi connectivity index (χ0v) is 11.2. The number of thioether (sulfide) groups is 1. The smallest absolute Gasteiger partial charge is 0.427 e. The van der Waals surface area contributed by atoms with E-state index in [0.717, 1.165) is 22.2 Å². The second kappa shape index (κ2) is 5.11. The lowest BCUT2D eigenvalue weighted by Crippen LogP contribution is -2.37. The Morgan fingerprint density at radius 1 is 1.11 bits per heavy atom. The summed E-state index contributed by atoms with van der Waals surface area (Å²) in [6, 6.07) is 14.3.